The van der Waals surface area contributed by atoms with Gasteiger partial charge in [0.25, 0.3) is 5.56 Å². The van der Waals surface area contributed by atoms with Crippen LogP contribution < -0.4 is 21.5 Å². The van der Waals surface area contributed by atoms with E-state index in [0.717, 1.165) is 16.8 Å². The van der Waals surface area contributed by atoms with Gasteiger partial charge < -0.3 is 16.0 Å². The number of rotatable bonds is 5. The van der Waals surface area contributed by atoms with E-state index in [0.29, 0.717) is 17.1 Å². The number of halogens is 2. The third-order valence-electron chi connectivity index (χ3n) is 5.35. The van der Waals surface area contributed by atoms with Crippen molar-refractivity contribution in [3.05, 3.63) is 87.7 Å². The SMILES string of the molecule is CNc1cc2c(C(C)C)c(=O)n(-c3cc(NC(=O)Nc4ccccc4)c(F)cc3Cl)cc2cn1. The molecule has 174 valence electrons. The van der Waals surface area contributed by atoms with Gasteiger partial charge in [0, 0.05) is 36.1 Å². The highest BCUT2D eigenvalue weighted by molar-refractivity contribution is 6.32. The van der Waals surface area contributed by atoms with Gasteiger partial charge in [0.15, 0.2) is 0 Å². The second-order valence-electron chi connectivity index (χ2n) is 8.01. The van der Waals surface area contributed by atoms with Crippen molar-refractivity contribution in [1.29, 1.82) is 0 Å². The number of benzene rings is 2. The van der Waals surface area contributed by atoms with E-state index in [9.17, 15) is 14.0 Å². The fourth-order valence-corrected chi connectivity index (χ4v) is 3.98. The molecule has 2 aromatic heterocycles. The summed E-state index contributed by atoms with van der Waals surface area (Å²) < 4.78 is 16.0. The number of pyridine rings is 2. The van der Waals surface area contributed by atoms with E-state index in [2.05, 4.69) is 20.9 Å². The molecule has 4 aromatic rings. The van der Waals surface area contributed by atoms with Gasteiger partial charge in [-0.2, -0.15) is 0 Å². The minimum Gasteiger partial charge on any atom is -0.373 e. The van der Waals surface area contributed by atoms with Crippen molar-refractivity contribution in [2.24, 2.45) is 0 Å². The largest absolute Gasteiger partial charge is 0.373 e. The minimum atomic E-state index is -0.727. The molecule has 34 heavy (non-hydrogen) atoms. The van der Waals surface area contributed by atoms with E-state index in [1.54, 1.807) is 43.7 Å². The maximum atomic E-state index is 14.7. The summed E-state index contributed by atoms with van der Waals surface area (Å²) >= 11 is 6.35. The smallest absolute Gasteiger partial charge is 0.323 e. The average molecular weight is 480 g/mol. The monoisotopic (exact) mass is 479 g/mol. The first kappa shape index (κ1) is 23.3. The third kappa shape index (κ3) is 4.58. The lowest BCUT2D eigenvalue weighted by Crippen LogP contribution is -2.24. The Morgan fingerprint density at radius 3 is 2.53 bits per heavy atom. The Morgan fingerprint density at radius 2 is 1.85 bits per heavy atom. The molecule has 0 aliphatic heterocycles. The Morgan fingerprint density at radius 1 is 1.12 bits per heavy atom. The predicted molar refractivity (Wildman–Crippen MR) is 135 cm³/mol. The molecule has 2 aromatic carbocycles. The predicted octanol–water partition coefficient (Wildman–Crippen LogP) is 5.99. The molecule has 2 amide bonds. The molecule has 0 saturated heterocycles. The standard InChI is InChI=1S/C25H23ClFN5O2/c1-14(2)23-17-9-22(28-3)29-12-15(17)13-32(24(23)33)21-11-20(19(27)10-18(21)26)31-25(34)30-16-7-5-4-6-8-16/h4-14,28H,1-3H3,(H2,30,31,34). The second kappa shape index (κ2) is 9.52. The first-order chi connectivity index (χ1) is 16.3. The van der Waals surface area contributed by atoms with Crippen LogP contribution in [0.5, 0.6) is 0 Å². The Bertz CT molecular complexity index is 1440. The average Bonchev–Trinajstić information content (AvgIpc) is 2.80. The quantitative estimate of drug-likeness (QED) is 0.328. The van der Waals surface area contributed by atoms with Gasteiger partial charge in [-0.3, -0.25) is 9.36 Å². The molecular formula is C25H23ClFN5O2. The molecule has 0 unspecified atom stereocenters. The normalized spacial score (nSPS) is 11.0. The molecule has 0 atom stereocenters. The summed E-state index contributed by atoms with van der Waals surface area (Å²) in [6.07, 6.45) is 3.27. The van der Waals surface area contributed by atoms with E-state index in [-0.39, 0.29) is 27.9 Å². The van der Waals surface area contributed by atoms with Gasteiger partial charge in [-0.15, -0.1) is 0 Å². The zero-order valence-electron chi connectivity index (χ0n) is 18.8. The van der Waals surface area contributed by atoms with Crippen molar-refractivity contribution >= 4 is 45.6 Å². The van der Waals surface area contributed by atoms with Gasteiger partial charge in [-0.05, 0) is 41.6 Å². The number of fused-ring (bicyclic) bond motifs is 1. The van der Waals surface area contributed by atoms with Gasteiger partial charge in [-0.1, -0.05) is 43.6 Å². The highest BCUT2D eigenvalue weighted by Gasteiger charge is 2.19. The van der Waals surface area contributed by atoms with Crippen molar-refractivity contribution in [3.63, 3.8) is 0 Å². The van der Waals surface area contributed by atoms with Gasteiger partial charge >= 0.3 is 6.03 Å². The summed E-state index contributed by atoms with van der Waals surface area (Å²) in [5.74, 6) is -0.180. The number of hydrogen-bond acceptors (Lipinski definition) is 4. The highest BCUT2D eigenvalue weighted by Crippen LogP contribution is 2.30. The van der Waals surface area contributed by atoms with Crippen molar-refractivity contribution in [2.75, 3.05) is 23.0 Å². The molecule has 0 radical (unpaired) electrons. The number of hydrogen-bond donors (Lipinski definition) is 3. The Balaban J connectivity index is 1.80. The Kier molecular flexibility index (Phi) is 6.51. The number of aromatic nitrogens is 2. The number of para-hydroxylation sites is 1. The van der Waals surface area contributed by atoms with E-state index >= 15 is 0 Å². The molecule has 3 N–H and O–H groups in total. The van der Waals surface area contributed by atoms with Crippen molar-refractivity contribution in [2.45, 2.75) is 19.8 Å². The number of anilines is 3. The summed E-state index contributed by atoms with van der Waals surface area (Å²) in [6.45, 7) is 3.85. The van der Waals surface area contributed by atoms with Crippen molar-refractivity contribution in [3.8, 4) is 5.69 Å². The number of urea groups is 1. The molecule has 0 saturated carbocycles. The molecule has 0 spiro atoms. The molecule has 0 aliphatic rings. The summed E-state index contributed by atoms with van der Waals surface area (Å²) in [4.78, 5) is 30.3. The zero-order valence-corrected chi connectivity index (χ0v) is 19.6. The molecule has 2 heterocycles. The van der Waals surface area contributed by atoms with E-state index < -0.39 is 11.8 Å². The fraction of sp³-hybridized carbons (Fsp3) is 0.160. The van der Waals surface area contributed by atoms with Crippen LogP contribution in [0, 0.1) is 5.82 Å². The van der Waals surface area contributed by atoms with Crippen molar-refractivity contribution < 1.29 is 9.18 Å². The van der Waals surface area contributed by atoms with Crippen LogP contribution in [0.2, 0.25) is 5.02 Å². The van der Waals surface area contributed by atoms with Gasteiger partial charge in [0.05, 0.1) is 16.4 Å². The Labute approximate surface area is 200 Å². The lowest BCUT2D eigenvalue weighted by Gasteiger charge is -2.17. The molecule has 4 rings (SSSR count). The van der Waals surface area contributed by atoms with E-state index in [1.165, 1.54) is 10.6 Å². The van der Waals surface area contributed by atoms with Crippen LogP contribution in [0.25, 0.3) is 16.5 Å². The highest BCUT2D eigenvalue weighted by atomic mass is 35.5. The number of amides is 2. The lowest BCUT2D eigenvalue weighted by molar-refractivity contribution is 0.262. The topological polar surface area (TPSA) is 88.0 Å². The van der Waals surface area contributed by atoms with Gasteiger partial charge in [0.2, 0.25) is 0 Å². The third-order valence-corrected chi connectivity index (χ3v) is 5.65. The molecular weight excluding hydrogens is 457 g/mol. The van der Waals surface area contributed by atoms with Crippen LogP contribution in [0.4, 0.5) is 26.4 Å². The summed E-state index contributed by atoms with van der Waals surface area (Å²) in [5, 5.41) is 9.62. The van der Waals surface area contributed by atoms with Crippen LogP contribution in [-0.4, -0.2) is 22.6 Å². The molecule has 0 bridgehead atoms. The maximum Gasteiger partial charge on any atom is 0.323 e. The van der Waals surface area contributed by atoms with E-state index in [1.807, 2.05) is 26.0 Å². The number of carbonyl (C=O) groups is 1. The molecule has 0 fully saturated rings. The minimum absolute atomic E-state index is 0.0301. The summed E-state index contributed by atoms with van der Waals surface area (Å²) in [5.41, 5.74) is 0.964. The maximum absolute atomic E-state index is 14.7. The first-order valence-electron chi connectivity index (χ1n) is 10.6. The zero-order chi connectivity index (χ0) is 24.4. The van der Waals surface area contributed by atoms with Crippen LogP contribution in [0.15, 0.2) is 65.7 Å². The lowest BCUT2D eigenvalue weighted by atomic mass is 9.99. The second-order valence-corrected chi connectivity index (χ2v) is 8.42. The summed E-state index contributed by atoms with van der Waals surface area (Å²) in [6, 6.07) is 12.4. The number of nitrogens with zero attached hydrogens (tertiary/aromatic N) is 2. The van der Waals surface area contributed by atoms with Crippen LogP contribution in [-0.2, 0) is 0 Å². The van der Waals surface area contributed by atoms with Crippen LogP contribution in [0.3, 0.4) is 0 Å². The van der Waals surface area contributed by atoms with Gasteiger partial charge in [-0.25, -0.2) is 14.2 Å². The van der Waals surface area contributed by atoms with Crippen LogP contribution in [0.1, 0.15) is 25.3 Å². The van der Waals surface area contributed by atoms with Gasteiger partial charge in [0.1, 0.15) is 11.6 Å². The first-order valence-corrected chi connectivity index (χ1v) is 11.0. The molecule has 0 aliphatic carbocycles. The Hall–Kier alpha value is -3.91. The molecule has 7 nitrogen and oxygen atoms in total. The van der Waals surface area contributed by atoms with Crippen molar-refractivity contribution in [1.82, 2.24) is 9.55 Å². The summed E-state index contributed by atoms with van der Waals surface area (Å²) in [7, 11) is 1.76. The van der Waals surface area contributed by atoms with Crippen LogP contribution >= 0.6 is 11.6 Å². The van der Waals surface area contributed by atoms with E-state index in [4.69, 9.17) is 11.6 Å². The molecule has 9 heteroatoms. The fourth-order valence-electron chi connectivity index (χ4n) is 3.74. The number of nitrogens with one attached hydrogen (secondary N) is 3. The number of carbonyl (C=O) groups excluding carboxylic acids is 1.